The van der Waals surface area contributed by atoms with E-state index in [0.29, 0.717) is 22.4 Å². The molecule has 4 aromatic rings. The largest absolute Gasteiger partial charge is 0.361 e. The number of likely N-dealkylation sites (tertiary alicyclic amines) is 1. The number of fused-ring (bicyclic) bond motifs is 2. The Kier molecular flexibility index (Phi) is 4.36. The molecule has 8 nitrogen and oxygen atoms in total. The molecule has 2 saturated heterocycles. The molecule has 0 N–H and O–H groups in total. The number of thiazole rings is 1. The normalized spacial score (nSPS) is 19.9. The Morgan fingerprint density at radius 2 is 1.87 bits per heavy atom. The summed E-state index contributed by atoms with van der Waals surface area (Å²) in [6, 6.07) is 4.17. The van der Waals surface area contributed by atoms with Gasteiger partial charge in [-0.2, -0.15) is 5.10 Å². The molecular formula is C22H25N7OS. The van der Waals surface area contributed by atoms with Gasteiger partial charge in [0.1, 0.15) is 10.7 Å². The Balaban J connectivity index is 1.35. The Hall–Kier alpha value is -2.78. The second-order valence-electron chi connectivity index (χ2n) is 8.70. The van der Waals surface area contributed by atoms with Gasteiger partial charge in [0.05, 0.1) is 17.6 Å². The van der Waals surface area contributed by atoms with Crippen molar-refractivity contribution >= 4 is 26.9 Å². The number of aromatic nitrogens is 5. The van der Waals surface area contributed by atoms with E-state index in [1.165, 1.54) is 32.4 Å². The first-order chi connectivity index (χ1) is 15.0. The zero-order valence-electron chi connectivity index (χ0n) is 17.8. The van der Waals surface area contributed by atoms with E-state index in [9.17, 15) is 4.79 Å². The first-order valence-corrected chi connectivity index (χ1v) is 11.7. The van der Waals surface area contributed by atoms with Crippen LogP contribution in [-0.4, -0.2) is 61.1 Å². The van der Waals surface area contributed by atoms with Gasteiger partial charge in [-0.1, -0.05) is 11.3 Å². The van der Waals surface area contributed by atoms with E-state index in [2.05, 4.69) is 19.9 Å². The van der Waals surface area contributed by atoms with Gasteiger partial charge in [0.15, 0.2) is 10.6 Å². The summed E-state index contributed by atoms with van der Waals surface area (Å²) in [4.78, 5) is 27.9. The highest BCUT2D eigenvalue weighted by Gasteiger charge is 2.30. The van der Waals surface area contributed by atoms with Crippen molar-refractivity contribution in [3.63, 3.8) is 0 Å². The average molecular weight is 436 g/mol. The Morgan fingerprint density at radius 3 is 2.71 bits per heavy atom. The quantitative estimate of drug-likeness (QED) is 0.493. The average Bonchev–Trinajstić information content (AvgIpc) is 3.51. The lowest BCUT2D eigenvalue weighted by atomic mass is 10.2. The van der Waals surface area contributed by atoms with Crippen LogP contribution < -0.4 is 10.5 Å². The molecule has 2 aliphatic heterocycles. The topological polar surface area (TPSA) is 71.0 Å². The van der Waals surface area contributed by atoms with Gasteiger partial charge >= 0.3 is 0 Å². The fraction of sp³-hybridized carbons (Fsp3) is 0.455. The zero-order valence-corrected chi connectivity index (χ0v) is 18.6. The maximum Gasteiger partial charge on any atom is 0.259 e. The van der Waals surface area contributed by atoms with Crippen LogP contribution in [0.4, 0.5) is 5.00 Å². The Morgan fingerprint density at radius 1 is 1.03 bits per heavy atom. The molecule has 0 radical (unpaired) electrons. The van der Waals surface area contributed by atoms with Crippen molar-refractivity contribution < 1.29 is 0 Å². The summed E-state index contributed by atoms with van der Waals surface area (Å²) in [6.07, 6.45) is 7.67. The number of anilines is 1. The van der Waals surface area contributed by atoms with Crippen LogP contribution in [0.15, 0.2) is 29.3 Å². The summed E-state index contributed by atoms with van der Waals surface area (Å²) in [5.41, 5.74) is 3.98. The molecule has 0 unspecified atom stereocenters. The molecule has 9 heteroatoms. The lowest BCUT2D eigenvalue weighted by Gasteiger charge is -2.23. The Labute approximate surface area is 183 Å². The van der Waals surface area contributed by atoms with Gasteiger partial charge in [-0.05, 0) is 57.8 Å². The lowest BCUT2D eigenvalue weighted by molar-refractivity contribution is 0.260. The SMILES string of the molecule is Cc1cn2nc(-c3cc(=O)n4cc(N5CC[C@H](N6CCCC6)C5)sc4n3)cc(C)c2n1. The van der Waals surface area contributed by atoms with Crippen LogP contribution in [0.2, 0.25) is 0 Å². The van der Waals surface area contributed by atoms with Crippen LogP contribution in [0.1, 0.15) is 30.5 Å². The molecule has 31 heavy (non-hydrogen) atoms. The molecule has 2 aliphatic rings. The van der Waals surface area contributed by atoms with Crippen molar-refractivity contribution in [3.05, 3.63) is 46.1 Å². The van der Waals surface area contributed by atoms with E-state index in [4.69, 9.17) is 4.98 Å². The number of aryl methyl sites for hydroxylation is 2. The predicted octanol–water partition coefficient (Wildman–Crippen LogP) is 2.76. The van der Waals surface area contributed by atoms with E-state index >= 15 is 0 Å². The second-order valence-corrected chi connectivity index (χ2v) is 9.68. The maximum atomic E-state index is 12.9. The summed E-state index contributed by atoms with van der Waals surface area (Å²) < 4.78 is 3.44. The van der Waals surface area contributed by atoms with Gasteiger partial charge in [-0.3, -0.25) is 14.1 Å². The van der Waals surface area contributed by atoms with Crippen LogP contribution >= 0.6 is 11.3 Å². The third-order valence-electron chi connectivity index (χ3n) is 6.48. The number of nitrogens with zero attached hydrogens (tertiary/aromatic N) is 7. The zero-order chi connectivity index (χ0) is 21.1. The fourth-order valence-corrected chi connectivity index (χ4v) is 5.91. The highest BCUT2D eigenvalue weighted by Crippen LogP contribution is 2.31. The third kappa shape index (κ3) is 3.23. The molecule has 4 aromatic heterocycles. The molecule has 1 atom stereocenters. The molecule has 0 aromatic carbocycles. The van der Waals surface area contributed by atoms with Crippen LogP contribution in [0, 0.1) is 13.8 Å². The minimum atomic E-state index is -0.0702. The molecule has 0 bridgehead atoms. The number of imidazole rings is 1. The summed E-state index contributed by atoms with van der Waals surface area (Å²) in [6.45, 7) is 8.47. The van der Waals surface area contributed by atoms with Crippen molar-refractivity contribution in [2.45, 2.75) is 39.2 Å². The summed E-state index contributed by atoms with van der Waals surface area (Å²) in [7, 11) is 0. The van der Waals surface area contributed by atoms with Crippen molar-refractivity contribution in [2.75, 3.05) is 31.1 Å². The van der Waals surface area contributed by atoms with Gasteiger partial charge in [0.2, 0.25) is 0 Å². The van der Waals surface area contributed by atoms with E-state index < -0.39 is 0 Å². The van der Waals surface area contributed by atoms with Gasteiger partial charge in [-0.15, -0.1) is 0 Å². The van der Waals surface area contributed by atoms with Crippen LogP contribution in [0.5, 0.6) is 0 Å². The van der Waals surface area contributed by atoms with Gasteiger partial charge in [0.25, 0.3) is 5.56 Å². The molecule has 0 amide bonds. The summed E-state index contributed by atoms with van der Waals surface area (Å²) >= 11 is 1.59. The maximum absolute atomic E-state index is 12.9. The smallest absolute Gasteiger partial charge is 0.259 e. The van der Waals surface area contributed by atoms with Crippen molar-refractivity contribution in [3.8, 4) is 11.4 Å². The second kappa shape index (κ2) is 7.13. The molecular weight excluding hydrogens is 410 g/mol. The molecule has 6 rings (SSSR count). The monoisotopic (exact) mass is 435 g/mol. The third-order valence-corrected chi connectivity index (χ3v) is 7.52. The minimum Gasteiger partial charge on any atom is -0.361 e. The van der Waals surface area contributed by atoms with Crippen molar-refractivity contribution in [2.24, 2.45) is 0 Å². The lowest BCUT2D eigenvalue weighted by Crippen LogP contribution is -2.35. The summed E-state index contributed by atoms with van der Waals surface area (Å²) in [5.74, 6) is 0. The molecule has 6 heterocycles. The van der Waals surface area contributed by atoms with Crippen LogP contribution in [0.3, 0.4) is 0 Å². The first kappa shape index (κ1) is 18.9. The number of hydrogen-bond donors (Lipinski definition) is 0. The molecule has 0 saturated carbocycles. The van der Waals surface area contributed by atoms with Crippen LogP contribution in [0.25, 0.3) is 22.0 Å². The summed E-state index contributed by atoms with van der Waals surface area (Å²) in [5, 5.41) is 5.76. The van der Waals surface area contributed by atoms with E-state index in [1.54, 1.807) is 26.3 Å². The molecule has 160 valence electrons. The van der Waals surface area contributed by atoms with Crippen molar-refractivity contribution in [1.82, 2.24) is 28.9 Å². The standard InChI is InChI=1S/C22H25N7OS/c1-14-9-18(25-29-11-15(2)23-21(14)29)17-10-19(30)28-13-20(31-22(28)24-17)27-8-5-16(12-27)26-6-3-4-7-26/h9-11,13,16H,3-8,12H2,1-2H3/t16-/m0/s1. The number of rotatable bonds is 3. The molecule has 2 fully saturated rings. The van der Waals surface area contributed by atoms with Crippen molar-refractivity contribution in [1.29, 1.82) is 0 Å². The van der Waals surface area contributed by atoms with E-state index in [-0.39, 0.29) is 5.56 Å². The first-order valence-electron chi connectivity index (χ1n) is 10.9. The van der Waals surface area contributed by atoms with Gasteiger partial charge < -0.3 is 4.90 Å². The highest BCUT2D eigenvalue weighted by molar-refractivity contribution is 7.20. The van der Waals surface area contributed by atoms with Gasteiger partial charge in [-0.25, -0.2) is 14.5 Å². The highest BCUT2D eigenvalue weighted by atomic mass is 32.1. The fourth-order valence-electron chi connectivity index (χ4n) is 4.89. The number of hydrogen-bond acceptors (Lipinski definition) is 7. The molecule has 0 aliphatic carbocycles. The minimum absolute atomic E-state index is 0.0702. The molecule has 0 spiro atoms. The Bertz CT molecular complexity index is 1350. The van der Waals surface area contributed by atoms with Crippen LogP contribution in [-0.2, 0) is 0 Å². The predicted molar refractivity (Wildman–Crippen MR) is 122 cm³/mol. The van der Waals surface area contributed by atoms with E-state index in [1.807, 2.05) is 32.3 Å². The van der Waals surface area contributed by atoms with Gasteiger partial charge in [0, 0.05) is 31.4 Å². The van der Waals surface area contributed by atoms with E-state index in [0.717, 1.165) is 35.0 Å².